The molecule has 1 saturated heterocycles. The molecular weight excluding hydrogens is 450 g/mol. The van der Waals surface area contributed by atoms with E-state index in [2.05, 4.69) is 22.4 Å². The Labute approximate surface area is 204 Å². The summed E-state index contributed by atoms with van der Waals surface area (Å²) in [5, 5.41) is 7.10. The molecule has 1 unspecified atom stereocenters. The largest absolute Gasteiger partial charge is 0.496 e. The van der Waals surface area contributed by atoms with E-state index in [4.69, 9.17) is 24.0 Å². The van der Waals surface area contributed by atoms with Crippen LogP contribution in [0.25, 0.3) is 16.1 Å². The van der Waals surface area contributed by atoms with E-state index in [1.54, 1.807) is 32.7 Å². The first-order valence-electron chi connectivity index (χ1n) is 12.3. The van der Waals surface area contributed by atoms with Crippen molar-refractivity contribution in [3.63, 3.8) is 0 Å². The van der Waals surface area contributed by atoms with E-state index >= 15 is 0 Å². The lowest BCUT2D eigenvalue weighted by molar-refractivity contribution is 0.186. The molecule has 3 aliphatic rings. The van der Waals surface area contributed by atoms with Gasteiger partial charge in [0.15, 0.2) is 0 Å². The molecule has 0 radical (unpaired) electrons. The van der Waals surface area contributed by atoms with Crippen LogP contribution in [0.15, 0.2) is 17.5 Å². The molecule has 0 N–H and O–H groups in total. The molecule has 34 heavy (non-hydrogen) atoms. The zero-order chi connectivity index (χ0) is 23.2. The van der Waals surface area contributed by atoms with Crippen LogP contribution in [0.3, 0.4) is 0 Å². The molecule has 6 rings (SSSR count). The Balaban J connectivity index is 1.45. The molecule has 2 saturated carbocycles. The van der Waals surface area contributed by atoms with Gasteiger partial charge in [0.1, 0.15) is 22.0 Å². The maximum atomic E-state index is 5.87. The Kier molecular flexibility index (Phi) is 5.81. The highest BCUT2D eigenvalue weighted by molar-refractivity contribution is 7.16. The highest BCUT2D eigenvalue weighted by Crippen LogP contribution is 2.49. The van der Waals surface area contributed by atoms with Gasteiger partial charge in [-0.1, -0.05) is 0 Å². The third-order valence-corrected chi connectivity index (χ3v) is 8.25. The van der Waals surface area contributed by atoms with Crippen molar-refractivity contribution in [2.75, 3.05) is 52.5 Å². The third-order valence-electron chi connectivity index (χ3n) is 7.32. The smallest absolute Gasteiger partial charge is 0.258 e. The van der Waals surface area contributed by atoms with Crippen molar-refractivity contribution in [2.45, 2.75) is 38.0 Å². The quantitative estimate of drug-likeness (QED) is 0.394. The number of aromatic nitrogens is 2. The SMILES string of the molecule is COc1cc(C2CC2)cc(OC)c1-c1csc2c(N(CC3CC3)CC3CCOC3)c(OC)nn12. The van der Waals surface area contributed by atoms with E-state index in [9.17, 15) is 0 Å². The van der Waals surface area contributed by atoms with E-state index < -0.39 is 0 Å². The Morgan fingerprint density at radius 2 is 1.74 bits per heavy atom. The molecule has 2 aromatic heterocycles. The van der Waals surface area contributed by atoms with Crippen LogP contribution >= 0.6 is 11.3 Å². The van der Waals surface area contributed by atoms with Crippen molar-refractivity contribution < 1.29 is 18.9 Å². The summed E-state index contributed by atoms with van der Waals surface area (Å²) in [5.74, 6) is 4.26. The van der Waals surface area contributed by atoms with Gasteiger partial charge in [0.05, 0.1) is 39.2 Å². The van der Waals surface area contributed by atoms with Crippen molar-refractivity contribution >= 4 is 21.9 Å². The second-order valence-corrected chi connectivity index (χ2v) is 10.7. The first-order valence-corrected chi connectivity index (χ1v) is 13.2. The number of nitrogens with zero attached hydrogens (tertiary/aromatic N) is 3. The lowest BCUT2D eigenvalue weighted by atomic mass is 10.0. The van der Waals surface area contributed by atoms with Gasteiger partial charge >= 0.3 is 0 Å². The zero-order valence-electron chi connectivity index (χ0n) is 20.2. The summed E-state index contributed by atoms with van der Waals surface area (Å²) in [6.45, 7) is 3.72. The molecular formula is C26H33N3O4S. The second-order valence-electron chi connectivity index (χ2n) is 9.85. The monoisotopic (exact) mass is 483 g/mol. The fraction of sp³-hybridized carbons (Fsp3) is 0.577. The van der Waals surface area contributed by atoms with Crippen molar-refractivity contribution in [1.82, 2.24) is 9.61 Å². The summed E-state index contributed by atoms with van der Waals surface area (Å²) < 4.78 is 25.3. The number of rotatable bonds is 10. The normalized spacial score (nSPS) is 20.1. The van der Waals surface area contributed by atoms with Gasteiger partial charge in [-0.2, -0.15) is 0 Å². The maximum absolute atomic E-state index is 5.87. The average Bonchev–Trinajstić information content (AvgIpc) is 3.74. The molecule has 182 valence electrons. The standard InChI is InChI=1S/C26H33N3O4S/c1-30-21-10-19(18-6-7-18)11-22(31-2)23(21)20-15-34-26-24(25(32-3)27-29(20)26)28(12-16-4-5-16)13-17-8-9-33-14-17/h10-11,15-18H,4-9,12-14H2,1-3H3. The van der Waals surface area contributed by atoms with E-state index in [-0.39, 0.29) is 0 Å². The molecule has 3 aromatic rings. The van der Waals surface area contributed by atoms with Gasteiger partial charge in [-0.15, -0.1) is 16.4 Å². The number of methoxy groups -OCH3 is 3. The van der Waals surface area contributed by atoms with Crippen LogP contribution in [-0.2, 0) is 4.74 Å². The summed E-state index contributed by atoms with van der Waals surface area (Å²) in [7, 11) is 5.18. The number of benzene rings is 1. The van der Waals surface area contributed by atoms with Crippen molar-refractivity contribution in [3.05, 3.63) is 23.1 Å². The van der Waals surface area contributed by atoms with Gasteiger partial charge in [0.2, 0.25) is 0 Å². The Morgan fingerprint density at radius 3 is 2.32 bits per heavy atom. The molecule has 0 amide bonds. The fourth-order valence-corrected chi connectivity index (χ4v) is 6.13. The fourth-order valence-electron chi connectivity index (χ4n) is 5.12. The van der Waals surface area contributed by atoms with Crippen LogP contribution in [0.1, 0.15) is 43.6 Å². The summed E-state index contributed by atoms with van der Waals surface area (Å²) in [6.07, 6.45) is 6.20. The van der Waals surface area contributed by atoms with Crippen molar-refractivity contribution in [2.24, 2.45) is 11.8 Å². The van der Waals surface area contributed by atoms with Crippen LogP contribution in [0.5, 0.6) is 17.4 Å². The van der Waals surface area contributed by atoms with Crippen molar-refractivity contribution in [1.29, 1.82) is 0 Å². The lowest BCUT2D eigenvalue weighted by Gasteiger charge is -2.26. The first-order chi connectivity index (χ1) is 16.7. The maximum Gasteiger partial charge on any atom is 0.258 e. The van der Waals surface area contributed by atoms with E-state index in [0.29, 0.717) is 17.7 Å². The Morgan fingerprint density at radius 1 is 1.00 bits per heavy atom. The molecule has 8 heteroatoms. The summed E-state index contributed by atoms with van der Waals surface area (Å²) in [4.78, 5) is 3.60. The summed E-state index contributed by atoms with van der Waals surface area (Å²) in [6, 6.07) is 4.33. The number of hydrogen-bond donors (Lipinski definition) is 0. The molecule has 1 aliphatic heterocycles. The highest BCUT2D eigenvalue weighted by Gasteiger charge is 2.33. The average molecular weight is 484 g/mol. The number of fused-ring (bicyclic) bond motifs is 1. The van der Waals surface area contributed by atoms with Crippen LogP contribution < -0.4 is 19.1 Å². The van der Waals surface area contributed by atoms with Gasteiger partial charge in [0, 0.05) is 31.0 Å². The lowest BCUT2D eigenvalue weighted by Crippen LogP contribution is -2.31. The molecule has 3 heterocycles. The van der Waals surface area contributed by atoms with Crippen molar-refractivity contribution in [3.8, 4) is 28.6 Å². The van der Waals surface area contributed by atoms with Gasteiger partial charge in [-0.05, 0) is 61.6 Å². The van der Waals surface area contributed by atoms with Gasteiger partial charge in [-0.3, -0.25) is 0 Å². The summed E-state index contributed by atoms with van der Waals surface area (Å²) in [5.41, 5.74) is 4.30. The van der Waals surface area contributed by atoms with Gasteiger partial charge < -0.3 is 23.8 Å². The second kappa shape index (κ2) is 8.96. The van der Waals surface area contributed by atoms with Crippen LogP contribution in [-0.4, -0.2) is 57.2 Å². The van der Waals surface area contributed by atoms with Crippen LogP contribution in [0, 0.1) is 11.8 Å². The number of anilines is 1. The molecule has 0 spiro atoms. The highest BCUT2D eigenvalue weighted by atomic mass is 32.1. The molecule has 0 bridgehead atoms. The predicted molar refractivity (Wildman–Crippen MR) is 134 cm³/mol. The van der Waals surface area contributed by atoms with E-state index in [0.717, 1.165) is 71.9 Å². The zero-order valence-corrected chi connectivity index (χ0v) is 21.0. The van der Waals surface area contributed by atoms with Crippen LogP contribution in [0.2, 0.25) is 0 Å². The Hall–Kier alpha value is -2.45. The molecule has 3 fully saturated rings. The number of hydrogen-bond acceptors (Lipinski definition) is 7. The predicted octanol–water partition coefficient (Wildman–Crippen LogP) is 5.22. The Bertz CT molecular complexity index is 1150. The van der Waals surface area contributed by atoms with E-state index in [1.807, 2.05) is 4.52 Å². The number of thiazole rings is 1. The van der Waals surface area contributed by atoms with Crippen LogP contribution in [0.4, 0.5) is 5.69 Å². The van der Waals surface area contributed by atoms with Gasteiger partial charge in [-0.25, -0.2) is 4.52 Å². The minimum absolute atomic E-state index is 0.549. The molecule has 7 nitrogen and oxygen atoms in total. The summed E-state index contributed by atoms with van der Waals surface area (Å²) >= 11 is 1.70. The molecule has 1 atom stereocenters. The topological polar surface area (TPSA) is 57.5 Å². The third kappa shape index (κ3) is 4.01. The first kappa shape index (κ1) is 22.0. The molecule has 1 aromatic carbocycles. The minimum Gasteiger partial charge on any atom is -0.496 e. The number of ether oxygens (including phenoxy) is 4. The minimum atomic E-state index is 0.549. The van der Waals surface area contributed by atoms with Gasteiger partial charge in [0.25, 0.3) is 5.88 Å². The van der Waals surface area contributed by atoms with E-state index in [1.165, 1.54) is 31.2 Å². The molecule has 2 aliphatic carbocycles.